The van der Waals surface area contributed by atoms with E-state index in [0.717, 1.165) is 60.2 Å². The molecule has 0 aliphatic carbocycles. The van der Waals surface area contributed by atoms with Crippen LogP contribution in [0.1, 0.15) is 30.4 Å². The number of benzene rings is 1. The number of H-pyrrole nitrogens is 1. The van der Waals surface area contributed by atoms with Gasteiger partial charge in [-0.05, 0) is 55.0 Å². The van der Waals surface area contributed by atoms with Crippen molar-refractivity contribution in [2.75, 3.05) is 13.1 Å². The van der Waals surface area contributed by atoms with Crippen LogP contribution in [0.3, 0.4) is 0 Å². The van der Waals surface area contributed by atoms with Crippen molar-refractivity contribution >= 4 is 16.9 Å². The lowest BCUT2D eigenvalue weighted by molar-refractivity contribution is -0.132. The van der Waals surface area contributed by atoms with Crippen LogP contribution in [-0.2, 0) is 17.8 Å². The lowest BCUT2D eigenvalue weighted by atomic mass is 9.96. The molecule has 4 heterocycles. The first kappa shape index (κ1) is 21.0. The highest BCUT2D eigenvalue weighted by Crippen LogP contribution is 2.25. The summed E-state index contributed by atoms with van der Waals surface area (Å²) in [7, 11) is 0. The number of pyridine rings is 1. The third-order valence-electron chi connectivity index (χ3n) is 6.54. The Morgan fingerprint density at radius 2 is 2.03 bits per heavy atom. The minimum Gasteiger partial charge on any atom is -0.343 e. The number of amides is 1. The van der Waals surface area contributed by atoms with Crippen LogP contribution in [0.15, 0.2) is 61.2 Å². The topological polar surface area (TPSA) is 90.6 Å². The first-order chi connectivity index (χ1) is 16.2. The van der Waals surface area contributed by atoms with Crippen LogP contribution >= 0.6 is 0 Å². The van der Waals surface area contributed by atoms with E-state index in [2.05, 4.69) is 39.2 Å². The standard InChI is InChI=1S/C26H26N6O/c27-14-21-3-1-2-19(12-21)4-5-25(33)31-9-6-20(7-10-31)18-32-11-8-22-13-23(15-28-26(22)32)24-16-29-30-17-24/h1-3,8,11-13,15-17,20H,4-7,9-10,18H2,(H,29,30). The fourth-order valence-electron chi connectivity index (χ4n) is 4.64. The number of fused-ring (bicyclic) bond motifs is 1. The van der Waals surface area contributed by atoms with E-state index >= 15 is 0 Å². The van der Waals surface area contributed by atoms with Gasteiger partial charge in [-0.2, -0.15) is 10.4 Å². The molecule has 1 aliphatic rings. The van der Waals surface area contributed by atoms with Gasteiger partial charge in [0.05, 0.1) is 17.8 Å². The molecule has 1 aliphatic heterocycles. The van der Waals surface area contributed by atoms with Crippen molar-refractivity contribution in [1.82, 2.24) is 24.6 Å². The molecule has 4 aromatic rings. The predicted molar refractivity (Wildman–Crippen MR) is 126 cm³/mol. The fourth-order valence-corrected chi connectivity index (χ4v) is 4.64. The molecule has 1 aromatic carbocycles. The molecule has 7 nitrogen and oxygen atoms in total. The average Bonchev–Trinajstić information content (AvgIpc) is 3.53. The van der Waals surface area contributed by atoms with Gasteiger partial charge in [0.2, 0.25) is 5.91 Å². The molecule has 0 bridgehead atoms. The Kier molecular flexibility index (Phi) is 5.90. The lowest BCUT2D eigenvalue weighted by Crippen LogP contribution is -2.39. The summed E-state index contributed by atoms with van der Waals surface area (Å²) in [4.78, 5) is 19.4. The number of likely N-dealkylation sites (tertiary alicyclic amines) is 1. The first-order valence-electron chi connectivity index (χ1n) is 11.4. The van der Waals surface area contributed by atoms with Crippen LogP contribution in [-0.4, -0.2) is 43.6 Å². The van der Waals surface area contributed by atoms with Gasteiger partial charge in [0.25, 0.3) is 0 Å². The van der Waals surface area contributed by atoms with E-state index in [4.69, 9.17) is 10.2 Å². The Morgan fingerprint density at radius 3 is 2.82 bits per heavy atom. The molecule has 1 saturated heterocycles. The number of aryl methyl sites for hydroxylation is 1. The molecule has 33 heavy (non-hydrogen) atoms. The Hall–Kier alpha value is -3.92. The molecular formula is C26H26N6O. The molecule has 0 unspecified atom stereocenters. The first-order valence-corrected chi connectivity index (χ1v) is 11.4. The van der Waals surface area contributed by atoms with E-state index in [-0.39, 0.29) is 5.91 Å². The van der Waals surface area contributed by atoms with Crippen molar-refractivity contribution in [3.63, 3.8) is 0 Å². The summed E-state index contributed by atoms with van der Waals surface area (Å²) in [5.74, 6) is 0.739. The Labute approximate surface area is 192 Å². The number of aromatic amines is 1. The van der Waals surface area contributed by atoms with Crippen LogP contribution in [0.5, 0.6) is 0 Å². The number of hydrogen-bond donors (Lipinski definition) is 1. The summed E-state index contributed by atoms with van der Waals surface area (Å²) in [5.41, 5.74) is 4.78. The maximum Gasteiger partial charge on any atom is 0.222 e. The summed E-state index contributed by atoms with van der Waals surface area (Å²) in [5, 5.41) is 17.0. The molecular weight excluding hydrogens is 412 g/mol. The zero-order valence-electron chi connectivity index (χ0n) is 18.4. The zero-order chi connectivity index (χ0) is 22.6. The highest BCUT2D eigenvalue weighted by molar-refractivity contribution is 5.81. The number of aromatic nitrogens is 4. The van der Waals surface area contributed by atoms with Crippen LogP contribution < -0.4 is 0 Å². The van der Waals surface area contributed by atoms with Crippen LogP contribution in [0.2, 0.25) is 0 Å². The molecule has 3 aromatic heterocycles. The van der Waals surface area contributed by atoms with Gasteiger partial charge in [-0.15, -0.1) is 0 Å². The Bertz CT molecular complexity index is 1290. The van der Waals surface area contributed by atoms with Crippen molar-refractivity contribution in [1.29, 1.82) is 5.26 Å². The highest BCUT2D eigenvalue weighted by atomic mass is 16.2. The number of piperidine rings is 1. The van der Waals surface area contributed by atoms with E-state index < -0.39 is 0 Å². The summed E-state index contributed by atoms with van der Waals surface area (Å²) in [6.07, 6.45) is 10.9. The molecule has 1 fully saturated rings. The maximum absolute atomic E-state index is 12.7. The Morgan fingerprint density at radius 1 is 1.15 bits per heavy atom. The molecule has 0 spiro atoms. The monoisotopic (exact) mass is 438 g/mol. The van der Waals surface area contributed by atoms with Gasteiger partial charge in [-0.3, -0.25) is 9.89 Å². The number of carbonyl (C=O) groups excluding carboxylic acids is 1. The van der Waals surface area contributed by atoms with Gasteiger partial charge in [-0.25, -0.2) is 4.98 Å². The van der Waals surface area contributed by atoms with E-state index in [0.29, 0.717) is 24.3 Å². The minimum atomic E-state index is 0.204. The normalized spacial score (nSPS) is 14.5. The number of carbonyl (C=O) groups is 1. The van der Waals surface area contributed by atoms with Crippen molar-refractivity contribution in [2.24, 2.45) is 5.92 Å². The van der Waals surface area contributed by atoms with Crippen molar-refractivity contribution in [3.05, 3.63) is 72.3 Å². The third-order valence-corrected chi connectivity index (χ3v) is 6.54. The molecule has 0 saturated carbocycles. The predicted octanol–water partition coefficient (Wildman–Crippen LogP) is 4.17. The van der Waals surface area contributed by atoms with Crippen molar-refractivity contribution < 1.29 is 4.79 Å². The molecule has 0 atom stereocenters. The summed E-state index contributed by atoms with van der Waals surface area (Å²) < 4.78 is 2.23. The van der Waals surface area contributed by atoms with E-state index in [1.165, 1.54) is 0 Å². The second kappa shape index (κ2) is 9.29. The lowest BCUT2D eigenvalue weighted by Gasteiger charge is -2.32. The smallest absolute Gasteiger partial charge is 0.222 e. The van der Waals surface area contributed by atoms with E-state index in [1.54, 1.807) is 12.3 Å². The van der Waals surface area contributed by atoms with Crippen molar-refractivity contribution in [2.45, 2.75) is 32.2 Å². The van der Waals surface area contributed by atoms with Gasteiger partial charge in [0.15, 0.2) is 0 Å². The van der Waals surface area contributed by atoms with Crippen LogP contribution in [0.4, 0.5) is 0 Å². The number of hydrogen-bond acceptors (Lipinski definition) is 4. The molecule has 1 N–H and O–H groups in total. The van der Waals surface area contributed by atoms with Gasteiger partial charge < -0.3 is 9.47 Å². The number of rotatable bonds is 6. The number of nitrogens with one attached hydrogen (secondary N) is 1. The molecule has 1 amide bonds. The van der Waals surface area contributed by atoms with E-state index in [9.17, 15) is 4.79 Å². The summed E-state index contributed by atoms with van der Waals surface area (Å²) >= 11 is 0. The van der Waals surface area contributed by atoms with Gasteiger partial charge in [-0.1, -0.05) is 12.1 Å². The average molecular weight is 439 g/mol. The van der Waals surface area contributed by atoms with Crippen molar-refractivity contribution in [3.8, 4) is 17.2 Å². The maximum atomic E-state index is 12.7. The second-order valence-electron chi connectivity index (χ2n) is 8.73. The molecule has 5 rings (SSSR count). The van der Waals surface area contributed by atoms with Gasteiger partial charge >= 0.3 is 0 Å². The van der Waals surface area contributed by atoms with Gasteiger partial charge in [0.1, 0.15) is 5.65 Å². The second-order valence-corrected chi connectivity index (χ2v) is 8.73. The summed E-state index contributed by atoms with van der Waals surface area (Å²) in [6, 6.07) is 13.9. The third kappa shape index (κ3) is 4.65. The quantitative estimate of drug-likeness (QED) is 0.489. The fraction of sp³-hybridized carbons (Fsp3) is 0.308. The molecule has 0 radical (unpaired) electrons. The minimum absolute atomic E-state index is 0.204. The highest BCUT2D eigenvalue weighted by Gasteiger charge is 2.23. The zero-order valence-corrected chi connectivity index (χ0v) is 18.4. The van der Waals surface area contributed by atoms with Crippen LogP contribution in [0.25, 0.3) is 22.2 Å². The largest absolute Gasteiger partial charge is 0.343 e. The molecule has 7 heteroatoms. The van der Waals surface area contributed by atoms with Crippen LogP contribution in [0, 0.1) is 17.2 Å². The number of nitrogens with zero attached hydrogens (tertiary/aromatic N) is 5. The Balaban J connectivity index is 1.15. The van der Waals surface area contributed by atoms with E-state index in [1.807, 2.05) is 35.5 Å². The van der Waals surface area contributed by atoms with Gasteiger partial charge in [0, 0.05) is 61.2 Å². The number of nitriles is 1. The summed E-state index contributed by atoms with van der Waals surface area (Å²) in [6.45, 7) is 2.53. The molecule has 166 valence electrons. The SMILES string of the molecule is N#Cc1cccc(CCC(=O)N2CCC(Cn3ccc4cc(-c5cn[nH]c5)cnc43)CC2)c1.